The van der Waals surface area contributed by atoms with Gasteiger partial charge in [-0.3, -0.25) is 9.59 Å². The van der Waals surface area contributed by atoms with Crippen molar-refractivity contribution in [2.24, 2.45) is 5.73 Å². The summed E-state index contributed by atoms with van der Waals surface area (Å²) in [6.45, 7) is 4.64. The Morgan fingerprint density at radius 1 is 1.11 bits per heavy atom. The Hall–Kier alpha value is -2.66. The highest BCUT2D eigenvalue weighted by Crippen LogP contribution is 2.28. The van der Waals surface area contributed by atoms with Crippen molar-refractivity contribution < 1.29 is 9.59 Å². The van der Waals surface area contributed by atoms with Crippen LogP contribution < -0.4 is 11.1 Å². The molecule has 1 unspecified atom stereocenters. The Kier molecular flexibility index (Phi) is 5.91. The van der Waals surface area contributed by atoms with Crippen LogP contribution in [0.1, 0.15) is 42.0 Å². The maximum absolute atomic E-state index is 12.9. The fourth-order valence-electron chi connectivity index (χ4n) is 3.69. The molecule has 0 radical (unpaired) electrons. The molecule has 142 valence electrons. The highest BCUT2D eigenvalue weighted by Gasteiger charge is 2.34. The number of rotatable bonds is 5. The first-order valence-electron chi connectivity index (χ1n) is 9.36. The van der Waals surface area contributed by atoms with Crippen molar-refractivity contribution in [2.75, 3.05) is 13.1 Å². The van der Waals surface area contributed by atoms with Crippen LogP contribution in [0.25, 0.3) is 0 Å². The Balaban J connectivity index is 1.70. The maximum atomic E-state index is 12.9. The zero-order chi connectivity index (χ0) is 19.4. The second kappa shape index (κ2) is 8.35. The van der Waals surface area contributed by atoms with Gasteiger partial charge < -0.3 is 16.0 Å². The molecule has 2 amide bonds. The molecule has 1 aliphatic rings. The summed E-state index contributed by atoms with van der Waals surface area (Å²) in [6, 6.07) is 17.6. The summed E-state index contributed by atoms with van der Waals surface area (Å²) in [5, 5.41) is 2.91. The van der Waals surface area contributed by atoms with Crippen LogP contribution in [0.2, 0.25) is 0 Å². The Morgan fingerprint density at radius 2 is 1.78 bits per heavy atom. The van der Waals surface area contributed by atoms with Gasteiger partial charge in [0.1, 0.15) is 0 Å². The standard InChI is InChI=1S/C22H27N3O2/c1-15-8-10-18(11-9-15)21(24-16(2)26)12-22(27)25-13-19(20(23)14-25)17-6-4-3-5-7-17/h3-11,19-21H,12-14,23H2,1-2H3,(H,24,26)/t19-,20+,21?/m0/s1. The minimum absolute atomic E-state index is 0.0169. The molecule has 5 heteroatoms. The van der Waals surface area contributed by atoms with Crippen LogP contribution in [0, 0.1) is 6.92 Å². The number of hydrogen-bond donors (Lipinski definition) is 2. The van der Waals surface area contributed by atoms with Crippen LogP contribution in [0.4, 0.5) is 0 Å². The first-order chi connectivity index (χ1) is 12.9. The number of amides is 2. The number of carbonyl (C=O) groups is 2. The largest absolute Gasteiger partial charge is 0.349 e. The van der Waals surface area contributed by atoms with Crippen molar-refractivity contribution in [1.29, 1.82) is 0 Å². The molecule has 1 aliphatic heterocycles. The summed E-state index contributed by atoms with van der Waals surface area (Å²) >= 11 is 0. The lowest BCUT2D eigenvalue weighted by atomic mass is 9.95. The molecule has 2 aromatic carbocycles. The van der Waals surface area contributed by atoms with Crippen molar-refractivity contribution in [3.05, 3.63) is 71.3 Å². The van der Waals surface area contributed by atoms with Crippen molar-refractivity contribution in [2.45, 2.75) is 38.3 Å². The molecule has 0 aromatic heterocycles. The van der Waals surface area contributed by atoms with Crippen LogP contribution in [0.3, 0.4) is 0 Å². The summed E-state index contributed by atoms with van der Waals surface area (Å²) < 4.78 is 0. The van der Waals surface area contributed by atoms with Crippen LogP contribution in [0.15, 0.2) is 54.6 Å². The van der Waals surface area contributed by atoms with Crippen LogP contribution in [-0.2, 0) is 9.59 Å². The van der Waals surface area contributed by atoms with Gasteiger partial charge in [0.25, 0.3) is 0 Å². The third-order valence-electron chi connectivity index (χ3n) is 5.18. The number of likely N-dealkylation sites (tertiary alicyclic amines) is 1. The summed E-state index contributed by atoms with van der Waals surface area (Å²) in [6.07, 6.45) is 0.233. The topological polar surface area (TPSA) is 75.4 Å². The lowest BCUT2D eigenvalue weighted by Crippen LogP contribution is -2.36. The molecule has 3 atom stereocenters. The van der Waals surface area contributed by atoms with E-state index in [4.69, 9.17) is 5.73 Å². The van der Waals surface area contributed by atoms with Crippen molar-refractivity contribution in [3.63, 3.8) is 0 Å². The molecule has 0 spiro atoms. The van der Waals surface area contributed by atoms with E-state index in [1.54, 1.807) is 0 Å². The number of nitrogens with one attached hydrogen (secondary N) is 1. The fraction of sp³-hybridized carbons (Fsp3) is 0.364. The van der Waals surface area contributed by atoms with E-state index < -0.39 is 0 Å². The van der Waals surface area contributed by atoms with Gasteiger partial charge in [-0.2, -0.15) is 0 Å². The molecule has 2 aromatic rings. The van der Waals surface area contributed by atoms with E-state index >= 15 is 0 Å². The third-order valence-corrected chi connectivity index (χ3v) is 5.18. The molecule has 0 aliphatic carbocycles. The minimum atomic E-state index is -0.331. The maximum Gasteiger partial charge on any atom is 0.225 e. The molecule has 1 fully saturated rings. The molecule has 27 heavy (non-hydrogen) atoms. The van der Waals surface area contributed by atoms with Gasteiger partial charge in [0.05, 0.1) is 12.5 Å². The summed E-state index contributed by atoms with van der Waals surface area (Å²) in [4.78, 5) is 26.4. The van der Waals surface area contributed by atoms with E-state index in [1.165, 1.54) is 6.92 Å². The average Bonchev–Trinajstić information content (AvgIpc) is 3.04. The predicted molar refractivity (Wildman–Crippen MR) is 106 cm³/mol. The Morgan fingerprint density at radius 3 is 2.41 bits per heavy atom. The molecule has 5 nitrogen and oxygen atoms in total. The highest BCUT2D eigenvalue weighted by molar-refractivity contribution is 5.79. The van der Waals surface area contributed by atoms with E-state index in [9.17, 15) is 9.59 Å². The number of nitrogens with two attached hydrogens (primary N) is 1. The minimum Gasteiger partial charge on any atom is -0.349 e. The van der Waals surface area contributed by atoms with Gasteiger partial charge in [-0.05, 0) is 18.1 Å². The smallest absolute Gasteiger partial charge is 0.225 e. The summed E-state index contributed by atoms with van der Waals surface area (Å²) in [7, 11) is 0. The van der Waals surface area contributed by atoms with E-state index in [1.807, 2.05) is 54.3 Å². The van der Waals surface area contributed by atoms with Crippen molar-refractivity contribution in [1.82, 2.24) is 10.2 Å². The van der Waals surface area contributed by atoms with E-state index in [-0.39, 0.29) is 36.2 Å². The van der Waals surface area contributed by atoms with Gasteiger partial charge in [0.15, 0.2) is 0 Å². The molecule has 3 rings (SSSR count). The quantitative estimate of drug-likeness (QED) is 0.855. The molecule has 0 bridgehead atoms. The first-order valence-corrected chi connectivity index (χ1v) is 9.36. The second-order valence-electron chi connectivity index (χ2n) is 7.35. The van der Waals surface area contributed by atoms with Gasteiger partial charge in [-0.1, -0.05) is 60.2 Å². The number of aryl methyl sites for hydroxylation is 1. The SMILES string of the molecule is CC(=O)NC(CC(=O)N1C[C@@H](N)[C@H](c2ccccc2)C1)c1ccc(C)cc1. The lowest BCUT2D eigenvalue weighted by molar-refractivity contribution is -0.131. The Labute approximate surface area is 160 Å². The predicted octanol–water partition coefficient (Wildman–Crippen LogP) is 2.52. The molecule has 1 heterocycles. The number of nitrogens with zero attached hydrogens (tertiary/aromatic N) is 1. The van der Waals surface area contributed by atoms with E-state index in [0.29, 0.717) is 13.1 Å². The monoisotopic (exact) mass is 365 g/mol. The zero-order valence-electron chi connectivity index (χ0n) is 15.9. The normalized spacial score (nSPS) is 20.3. The lowest BCUT2D eigenvalue weighted by Gasteiger charge is -2.22. The van der Waals surface area contributed by atoms with Gasteiger partial charge in [-0.15, -0.1) is 0 Å². The third kappa shape index (κ3) is 4.74. The highest BCUT2D eigenvalue weighted by atomic mass is 16.2. The van der Waals surface area contributed by atoms with E-state index in [2.05, 4.69) is 17.4 Å². The molecular formula is C22H27N3O2. The molecule has 3 N–H and O–H groups in total. The van der Waals surface area contributed by atoms with Crippen LogP contribution in [0.5, 0.6) is 0 Å². The zero-order valence-corrected chi connectivity index (χ0v) is 15.9. The number of benzene rings is 2. The fourth-order valence-corrected chi connectivity index (χ4v) is 3.69. The van der Waals surface area contributed by atoms with Crippen molar-refractivity contribution >= 4 is 11.8 Å². The van der Waals surface area contributed by atoms with E-state index in [0.717, 1.165) is 16.7 Å². The van der Waals surface area contributed by atoms with Gasteiger partial charge in [-0.25, -0.2) is 0 Å². The second-order valence-corrected chi connectivity index (χ2v) is 7.35. The van der Waals surface area contributed by atoms with Crippen LogP contribution >= 0.6 is 0 Å². The molecule has 1 saturated heterocycles. The van der Waals surface area contributed by atoms with Gasteiger partial charge in [0, 0.05) is 32.0 Å². The van der Waals surface area contributed by atoms with Crippen LogP contribution in [-0.4, -0.2) is 35.8 Å². The van der Waals surface area contributed by atoms with Gasteiger partial charge in [0.2, 0.25) is 11.8 Å². The average molecular weight is 365 g/mol. The summed E-state index contributed by atoms with van der Waals surface area (Å²) in [5.41, 5.74) is 9.56. The first kappa shape index (κ1) is 19.1. The summed E-state index contributed by atoms with van der Waals surface area (Å²) in [5.74, 6) is 0.0191. The Bertz CT molecular complexity index is 789. The van der Waals surface area contributed by atoms with Gasteiger partial charge >= 0.3 is 0 Å². The number of carbonyl (C=O) groups excluding carboxylic acids is 2. The molecule has 0 saturated carbocycles. The number of hydrogen-bond acceptors (Lipinski definition) is 3. The van der Waals surface area contributed by atoms with Crippen molar-refractivity contribution in [3.8, 4) is 0 Å². The molecular weight excluding hydrogens is 338 g/mol.